The van der Waals surface area contributed by atoms with Gasteiger partial charge in [-0.05, 0) is 12.8 Å². The summed E-state index contributed by atoms with van der Waals surface area (Å²) in [6, 6.07) is 0. The molecule has 1 N–H and O–H groups in total. The van der Waals surface area contributed by atoms with Crippen LogP contribution in [0.5, 0.6) is 0 Å². The number of hydrogen-bond donors (Lipinski definition) is 1. The molecule has 26 heavy (non-hydrogen) atoms. The highest BCUT2D eigenvalue weighted by Crippen LogP contribution is 2.33. The van der Waals surface area contributed by atoms with Crippen LogP contribution in [0.3, 0.4) is 0 Å². The van der Waals surface area contributed by atoms with E-state index < -0.39 is 0 Å². The van der Waals surface area contributed by atoms with Gasteiger partial charge in [0.1, 0.15) is 0 Å². The lowest BCUT2D eigenvalue weighted by atomic mass is 9.85. The zero-order chi connectivity index (χ0) is 17.9. The normalized spacial score (nSPS) is 19.8. The second-order valence-electron chi connectivity index (χ2n) is 7.33. The Morgan fingerprint density at radius 2 is 2.00 bits per heavy atom. The number of piperazine rings is 1. The third kappa shape index (κ3) is 3.65. The lowest BCUT2D eigenvalue weighted by Crippen LogP contribution is -2.48. The fourth-order valence-corrected chi connectivity index (χ4v) is 4.05. The molecule has 0 atom stereocenters. The van der Waals surface area contributed by atoms with E-state index in [-0.39, 0.29) is 5.91 Å². The number of nitrogens with zero attached hydrogens (tertiary/aromatic N) is 5. The Balaban J connectivity index is 1.36. The second kappa shape index (κ2) is 7.57. The van der Waals surface area contributed by atoms with E-state index in [2.05, 4.69) is 25.2 Å². The minimum atomic E-state index is 0.106. The Kier molecular flexibility index (Phi) is 5.01. The Hall–Kier alpha value is -2.22. The first kappa shape index (κ1) is 17.2. The number of amides is 1. The van der Waals surface area contributed by atoms with Crippen LogP contribution in [0, 0.1) is 6.92 Å². The summed E-state index contributed by atoms with van der Waals surface area (Å²) in [4.78, 5) is 21.4. The van der Waals surface area contributed by atoms with Gasteiger partial charge in [-0.3, -0.25) is 14.8 Å². The summed E-state index contributed by atoms with van der Waals surface area (Å²) in [7, 11) is 0. The number of carbonyl (C=O) groups excluding carboxylic acids is 1. The van der Waals surface area contributed by atoms with Gasteiger partial charge in [-0.1, -0.05) is 24.4 Å². The summed E-state index contributed by atoms with van der Waals surface area (Å²) >= 11 is 0. The maximum absolute atomic E-state index is 13.0. The average molecular weight is 358 g/mol. The van der Waals surface area contributed by atoms with Crippen LogP contribution in [-0.4, -0.2) is 62.2 Å². The quantitative estimate of drug-likeness (QED) is 0.900. The summed E-state index contributed by atoms with van der Waals surface area (Å²) < 4.78 is 5.02. The van der Waals surface area contributed by atoms with E-state index in [1.165, 1.54) is 19.3 Å². The van der Waals surface area contributed by atoms with E-state index in [4.69, 9.17) is 4.52 Å². The zero-order valence-electron chi connectivity index (χ0n) is 15.3. The summed E-state index contributed by atoms with van der Waals surface area (Å²) in [6.07, 6.45) is 7.80. The van der Waals surface area contributed by atoms with Gasteiger partial charge in [-0.15, -0.1) is 0 Å². The van der Waals surface area contributed by atoms with Gasteiger partial charge >= 0.3 is 0 Å². The molecule has 1 saturated carbocycles. The van der Waals surface area contributed by atoms with Gasteiger partial charge in [0, 0.05) is 39.0 Å². The summed E-state index contributed by atoms with van der Waals surface area (Å²) in [5.74, 6) is 1.85. The highest BCUT2D eigenvalue weighted by Gasteiger charge is 2.28. The molecule has 0 aromatic carbocycles. The lowest BCUT2D eigenvalue weighted by molar-refractivity contribution is 0.0622. The average Bonchev–Trinajstić information content (AvgIpc) is 3.32. The summed E-state index contributed by atoms with van der Waals surface area (Å²) in [6.45, 7) is 5.52. The van der Waals surface area contributed by atoms with E-state index in [9.17, 15) is 4.79 Å². The van der Waals surface area contributed by atoms with E-state index in [1.807, 2.05) is 4.90 Å². The number of aromatic nitrogens is 4. The fraction of sp³-hybridized carbons (Fsp3) is 0.667. The van der Waals surface area contributed by atoms with Crippen molar-refractivity contribution in [3.05, 3.63) is 29.2 Å². The van der Waals surface area contributed by atoms with Crippen LogP contribution < -0.4 is 0 Å². The molecule has 0 spiro atoms. The first-order valence-electron chi connectivity index (χ1n) is 9.55. The molecule has 1 aliphatic heterocycles. The van der Waals surface area contributed by atoms with Crippen molar-refractivity contribution < 1.29 is 9.32 Å². The van der Waals surface area contributed by atoms with Crippen molar-refractivity contribution in [2.75, 3.05) is 26.2 Å². The number of aromatic amines is 1. The molecule has 2 aromatic rings. The van der Waals surface area contributed by atoms with Crippen LogP contribution >= 0.6 is 0 Å². The van der Waals surface area contributed by atoms with Crippen LogP contribution in [0.2, 0.25) is 0 Å². The van der Waals surface area contributed by atoms with Crippen LogP contribution in [-0.2, 0) is 6.54 Å². The summed E-state index contributed by atoms with van der Waals surface area (Å²) in [5, 5.41) is 11.2. The smallest absolute Gasteiger partial charge is 0.257 e. The third-order valence-electron chi connectivity index (χ3n) is 5.51. The Morgan fingerprint density at radius 1 is 1.23 bits per heavy atom. The SMILES string of the molecule is Cc1nc(CN2CCN(C(=O)c3cn[nH]c3C3CCCCC3)CC2)no1. The minimum absolute atomic E-state index is 0.106. The molecule has 0 unspecified atom stereocenters. The van der Waals surface area contributed by atoms with Crippen LogP contribution in [0.15, 0.2) is 10.7 Å². The van der Waals surface area contributed by atoms with Crippen molar-refractivity contribution in [3.8, 4) is 0 Å². The zero-order valence-corrected chi connectivity index (χ0v) is 15.3. The molecule has 2 aliphatic rings. The van der Waals surface area contributed by atoms with Crippen molar-refractivity contribution in [3.63, 3.8) is 0 Å². The van der Waals surface area contributed by atoms with Crippen molar-refractivity contribution in [1.82, 2.24) is 30.1 Å². The number of rotatable bonds is 4. The molecule has 4 rings (SSSR count). The maximum Gasteiger partial charge on any atom is 0.257 e. The van der Waals surface area contributed by atoms with E-state index in [1.54, 1.807) is 13.1 Å². The molecule has 1 saturated heterocycles. The molecule has 8 heteroatoms. The minimum Gasteiger partial charge on any atom is -0.340 e. The van der Waals surface area contributed by atoms with Crippen LogP contribution in [0.25, 0.3) is 0 Å². The third-order valence-corrected chi connectivity index (χ3v) is 5.51. The highest BCUT2D eigenvalue weighted by molar-refractivity contribution is 5.95. The molecule has 2 fully saturated rings. The molecule has 3 heterocycles. The van der Waals surface area contributed by atoms with E-state index in [0.717, 1.165) is 37.2 Å². The van der Waals surface area contributed by atoms with Gasteiger partial charge < -0.3 is 9.42 Å². The van der Waals surface area contributed by atoms with Gasteiger partial charge in [0.15, 0.2) is 5.82 Å². The fourth-order valence-electron chi connectivity index (χ4n) is 4.05. The van der Waals surface area contributed by atoms with Gasteiger partial charge in [-0.25, -0.2) is 0 Å². The molecular weight excluding hydrogens is 332 g/mol. The molecule has 1 amide bonds. The number of H-pyrrole nitrogens is 1. The lowest BCUT2D eigenvalue weighted by Gasteiger charge is -2.34. The molecule has 0 radical (unpaired) electrons. The van der Waals surface area contributed by atoms with Gasteiger partial charge in [0.25, 0.3) is 5.91 Å². The second-order valence-corrected chi connectivity index (χ2v) is 7.33. The molecule has 1 aliphatic carbocycles. The Labute approximate surface area is 152 Å². The van der Waals surface area contributed by atoms with Crippen molar-refractivity contribution in [1.29, 1.82) is 0 Å². The van der Waals surface area contributed by atoms with Gasteiger partial charge in [0.2, 0.25) is 5.89 Å². The maximum atomic E-state index is 13.0. The molecule has 140 valence electrons. The first-order valence-corrected chi connectivity index (χ1v) is 9.55. The molecule has 0 bridgehead atoms. The number of aryl methyl sites for hydroxylation is 1. The predicted molar refractivity (Wildman–Crippen MR) is 94.6 cm³/mol. The largest absolute Gasteiger partial charge is 0.340 e. The van der Waals surface area contributed by atoms with Crippen LogP contribution in [0.4, 0.5) is 0 Å². The highest BCUT2D eigenvalue weighted by atomic mass is 16.5. The standard InChI is InChI=1S/C18H26N6O2/c1-13-20-16(22-26-13)12-23-7-9-24(10-8-23)18(25)15-11-19-21-17(15)14-5-3-2-4-6-14/h11,14H,2-10,12H2,1H3,(H,19,21). The van der Waals surface area contributed by atoms with Crippen LogP contribution in [0.1, 0.15) is 65.8 Å². The Bertz CT molecular complexity index is 740. The van der Waals surface area contributed by atoms with Crippen molar-refractivity contribution in [2.24, 2.45) is 0 Å². The first-order chi connectivity index (χ1) is 12.7. The summed E-state index contributed by atoms with van der Waals surface area (Å²) in [5.41, 5.74) is 1.80. The number of nitrogens with one attached hydrogen (secondary N) is 1. The van der Waals surface area contributed by atoms with E-state index >= 15 is 0 Å². The number of carbonyl (C=O) groups is 1. The number of hydrogen-bond acceptors (Lipinski definition) is 6. The molecule has 2 aromatic heterocycles. The predicted octanol–water partition coefficient (Wildman–Crippen LogP) is 2.11. The van der Waals surface area contributed by atoms with Crippen molar-refractivity contribution >= 4 is 5.91 Å². The van der Waals surface area contributed by atoms with E-state index in [0.29, 0.717) is 37.3 Å². The van der Waals surface area contributed by atoms with Gasteiger partial charge in [0.05, 0.1) is 24.0 Å². The van der Waals surface area contributed by atoms with Crippen molar-refractivity contribution in [2.45, 2.75) is 51.5 Å². The molecular formula is C18H26N6O2. The topological polar surface area (TPSA) is 91.2 Å². The van der Waals surface area contributed by atoms with Gasteiger partial charge in [-0.2, -0.15) is 10.1 Å². The Morgan fingerprint density at radius 3 is 2.69 bits per heavy atom. The monoisotopic (exact) mass is 358 g/mol. The molecule has 8 nitrogen and oxygen atoms in total.